The number of aromatic nitrogens is 1. The van der Waals surface area contributed by atoms with Crippen molar-refractivity contribution in [1.82, 2.24) is 4.98 Å². The molecule has 0 amide bonds. The molecule has 2 fully saturated rings. The summed E-state index contributed by atoms with van der Waals surface area (Å²) in [4.78, 5) is 25.7. The van der Waals surface area contributed by atoms with E-state index in [0.717, 1.165) is 18.5 Å². The summed E-state index contributed by atoms with van der Waals surface area (Å²) in [6, 6.07) is 5.44. The summed E-state index contributed by atoms with van der Waals surface area (Å²) < 4.78 is 0. The van der Waals surface area contributed by atoms with Crippen LogP contribution in [0.15, 0.2) is 36.7 Å². The van der Waals surface area contributed by atoms with Crippen LogP contribution < -0.4 is 10.6 Å². The van der Waals surface area contributed by atoms with E-state index in [-0.39, 0.29) is 0 Å². The Hall–Kier alpha value is -2.41. The zero-order chi connectivity index (χ0) is 16.1. The first-order valence-electron chi connectivity index (χ1n) is 7.05. The predicted octanol–water partition coefficient (Wildman–Crippen LogP) is 0.719. The summed E-state index contributed by atoms with van der Waals surface area (Å²) in [6.45, 7) is 0.766. The van der Waals surface area contributed by atoms with Crippen molar-refractivity contribution in [3.05, 3.63) is 36.7 Å². The SMILES string of the molecule is NCC1CC2CC2N1c1cccnc1.O=C(O)C=CC(=O)O. The number of nitrogens with two attached hydrogens (primary N) is 1. The lowest BCUT2D eigenvalue weighted by Gasteiger charge is -2.28. The van der Waals surface area contributed by atoms with Crippen LogP contribution >= 0.6 is 0 Å². The van der Waals surface area contributed by atoms with E-state index in [1.807, 2.05) is 18.5 Å². The van der Waals surface area contributed by atoms with Crippen LogP contribution in [0.1, 0.15) is 12.8 Å². The van der Waals surface area contributed by atoms with Gasteiger partial charge in [-0.25, -0.2) is 9.59 Å². The average molecular weight is 305 g/mol. The molecule has 2 heterocycles. The van der Waals surface area contributed by atoms with Crippen molar-refractivity contribution in [2.75, 3.05) is 11.4 Å². The lowest BCUT2D eigenvalue weighted by atomic mass is 10.1. The van der Waals surface area contributed by atoms with Crippen molar-refractivity contribution in [2.24, 2.45) is 11.7 Å². The standard InChI is InChI=1S/C11H15N3.C4H4O4/c12-6-10-4-8-5-11(8)14(10)9-2-1-3-13-7-9;5-3(6)1-2-4(7)8/h1-3,7-8,10-11H,4-6,12H2;1-2H,(H,5,6)(H,7,8). The summed E-state index contributed by atoms with van der Waals surface area (Å²) in [6.07, 6.45) is 7.51. The molecule has 1 saturated carbocycles. The second-order valence-electron chi connectivity index (χ2n) is 5.32. The Labute approximate surface area is 128 Å². The van der Waals surface area contributed by atoms with Gasteiger partial charge in [-0.15, -0.1) is 0 Å². The largest absolute Gasteiger partial charge is 0.478 e. The third kappa shape index (κ3) is 4.05. The topological polar surface area (TPSA) is 117 Å². The molecule has 3 unspecified atom stereocenters. The van der Waals surface area contributed by atoms with Gasteiger partial charge in [-0.3, -0.25) is 4.98 Å². The number of nitrogens with zero attached hydrogens (tertiary/aromatic N) is 2. The van der Waals surface area contributed by atoms with Gasteiger partial charge in [0.1, 0.15) is 0 Å². The van der Waals surface area contributed by atoms with Gasteiger partial charge >= 0.3 is 11.9 Å². The number of anilines is 1. The maximum Gasteiger partial charge on any atom is 0.328 e. The molecule has 3 rings (SSSR count). The molecule has 0 radical (unpaired) electrons. The molecule has 1 aliphatic carbocycles. The van der Waals surface area contributed by atoms with Crippen molar-refractivity contribution in [3.8, 4) is 0 Å². The fourth-order valence-electron chi connectivity index (χ4n) is 2.82. The smallest absolute Gasteiger partial charge is 0.328 e. The normalized spacial score (nSPS) is 25.3. The van der Waals surface area contributed by atoms with E-state index in [9.17, 15) is 9.59 Å². The van der Waals surface area contributed by atoms with Gasteiger partial charge in [0.05, 0.1) is 11.9 Å². The van der Waals surface area contributed by atoms with Gasteiger partial charge in [0.25, 0.3) is 0 Å². The Morgan fingerprint density at radius 2 is 2.00 bits per heavy atom. The van der Waals surface area contributed by atoms with E-state index in [4.69, 9.17) is 15.9 Å². The second kappa shape index (κ2) is 7.04. The Morgan fingerprint density at radius 3 is 2.50 bits per heavy atom. The van der Waals surface area contributed by atoms with E-state index < -0.39 is 11.9 Å². The molecule has 0 bridgehead atoms. The molecule has 2 aliphatic rings. The van der Waals surface area contributed by atoms with Gasteiger partial charge in [0.15, 0.2) is 0 Å². The van der Waals surface area contributed by atoms with E-state index in [1.165, 1.54) is 18.5 Å². The molecule has 1 saturated heterocycles. The first-order chi connectivity index (χ1) is 10.5. The first-order valence-corrected chi connectivity index (χ1v) is 7.05. The van der Waals surface area contributed by atoms with Crippen LogP contribution in [0.5, 0.6) is 0 Å². The van der Waals surface area contributed by atoms with Crippen molar-refractivity contribution in [3.63, 3.8) is 0 Å². The van der Waals surface area contributed by atoms with E-state index in [0.29, 0.717) is 18.2 Å². The lowest BCUT2D eigenvalue weighted by molar-refractivity contribution is -0.134. The molecule has 0 spiro atoms. The van der Waals surface area contributed by atoms with Gasteiger partial charge in [-0.05, 0) is 30.9 Å². The third-order valence-corrected chi connectivity index (χ3v) is 3.80. The molecule has 7 nitrogen and oxygen atoms in total. The first kappa shape index (κ1) is 16.0. The molecule has 1 aliphatic heterocycles. The van der Waals surface area contributed by atoms with Crippen LogP contribution in [0.25, 0.3) is 0 Å². The molecular weight excluding hydrogens is 286 g/mol. The molecule has 0 aromatic carbocycles. The number of piperidine rings is 1. The van der Waals surface area contributed by atoms with E-state index >= 15 is 0 Å². The average Bonchev–Trinajstić information content (AvgIpc) is 3.17. The molecule has 1 aromatic heterocycles. The van der Waals surface area contributed by atoms with E-state index in [2.05, 4.69) is 16.0 Å². The molecule has 7 heteroatoms. The Balaban J connectivity index is 0.000000192. The van der Waals surface area contributed by atoms with Crippen molar-refractivity contribution >= 4 is 17.6 Å². The molecule has 4 N–H and O–H groups in total. The van der Waals surface area contributed by atoms with Crippen molar-refractivity contribution in [1.29, 1.82) is 0 Å². The summed E-state index contributed by atoms with van der Waals surface area (Å²) in [5.74, 6) is -1.61. The third-order valence-electron chi connectivity index (χ3n) is 3.80. The minimum absolute atomic E-state index is 0.544. The maximum atomic E-state index is 9.55. The number of hydrogen-bond acceptors (Lipinski definition) is 5. The predicted molar refractivity (Wildman–Crippen MR) is 80.5 cm³/mol. The molecule has 1 aromatic rings. The number of carboxylic acid groups (broad SMARTS) is 2. The van der Waals surface area contributed by atoms with Crippen LogP contribution in [-0.4, -0.2) is 45.8 Å². The highest BCUT2D eigenvalue weighted by molar-refractivity contribution is 5.89. The van der Waals surface area contributed by atoms with Gasteiger partial charge in [0.2, 0.25) is 0 Å². The fraction of sp³-hybridized carbons (Fsp3) is 0.400. The number of carbonyl (C=O) groups is 2. The minimum Gasteiger partial charge on any atom is -0.478 e. The second-order valence-corrected chi connectivity index (χ2v) is 5.32. The molecular formula is C15H19N3O4. The number of fused-ring (bicyclic) bond motifs is 1. The van der Waals surface area contributed by atoms with Crippen LogP contribution in [0.2, 0.25) is 0 Å². The Bertz CT molecular complexity index is 545. The summed E-state index contributed by atoms with van der Waals surface area (Å²) in [5.41, 5.74) is 7.03. The monoisotopic (exact) mass is 305 g/mol. The Morgan fingerprint density at radius 1 is 1.32 bits per heavy atom. The van der Waals surface area contributed by atoms with Crippen LogP contribution in [-0.2, 0) is 9.59 Å². The molecule has 22 heavy (non-hydrogen) atoms. The number of rotatable bonds is 4. The van der Waals surface area contributed by atoms with Crippen LogP contribution in [0, 0.1) is 5.92 Å². The highest BCUT2D eigenvalue weighted by Gasteiger charge is 2.51. The number of hydrogen-bond donors (Lipinski definition) is 3. The van der Waals surface area contributed by atoms with Crippen molar-refractivity contribution < 1.29 is 19.8 Å². The Kier molecular flexibility index (Phi) is 5.11. The molecule has 118 valence electrons. The zero-order valence-corrected chi connectivity index (χ0v) is 12.0. The number of aliphatic carboxylic acids is 2. The zero-order valence-electron chi connectivity index (χ0n) is 12.0. The molecule has 3 atom stereocenters. The van der Waals surface area contributed by atoms with Crippen LogP contribution in [0.3, 0.4) is 0 Å². The summed E-state index contributed by atoms with van der Waals surface area (Å²) >= 11 is 0. The summed E-state index contributed by atoms with van der Waals surface area (Å²) in [5, 5.41) is 15.6. The van der Waals surface area contributed by atoms with Gasteiger partial charge < -0.3 is 20.8 Å². The van der Waals surface area contributed by atoms with Gasteiger partial charge in [0, 0.05) is 37.0 Å². The minimum atomic E-state index is -1.26. The summed E-state index contributed by atoms with van der Waals surface area (Å²) in [7, 11) is 0. The lowest BCUT2D eigenvalue weighted by Crippen LogP contribution is -2.38. The van der Waals surface area contributed by atoms with Gasteiger partial charge in [-0.1, -0.05) is 0 Å². The van der Waals surface area contributed by atoms with Crippen LogP contribution in [0.4, 0.5) is 5.69 Å². The number of pyridine rings is 1. The van der Waals surface area contributed by atoms with E-state index in [1.54, 1.807) is 0 Å². The number of carboxylic acids is 2. The highest BCUT2D eigenvalue weighted by atomic mass is 16.4. The van der Waals surface area contributed by atoms with Gasteiger partial charge in [-0.2, -0.15) is 0 Å². The highest BCUT2D eigenvalue weighted by Crippen LogP contribution is 2.49. The quantitative estimate of drug-likeness (QED) is 0.702. The maximum absolute atomic E-state index is 9.55. The van der Waals surface area contributed by atoms with Crippen molar-refractivity contribution in [2.45, 2.75) is 24.9 Å². The fourth-order valence-corrected chi connectivity index (χ4v) is 2.82.